The normalized spacial score (nSPS) is 28.0. The number of fused-ring (bicyclic) bond motifs is 5. The van der Waals surface area contributed by atoms with E-state index in [1.165, 1.54) is 37.7 Å². The van der Waals surface area contributed by atoms with Crippen molar-refractivity contribution in [2.24, 2.45) is 17.3 Å². The van der Waals surface area contributed by atoms with Crippen LogP contribution in [-0.4, -0.2) is 34.5 Å². The number of nitrogens with zero attached hydrogens (tertiary/aromatic N) is 2. The van der Waals surface area contributed by atoms with E-state index in [4.69, 9.17) is 0 Å². The van der Waals surface area contributed by atoms with Crippen molar-refractivity contribution in [3.8, 4) is 6.07 Å². The van der Waals surface area contributed by atoms with E-state index in [1.807, 2.05) is 33.8 Å². The smallest absolute Gasteiger partial charge is 0.337 e. The van der Waals surface area contributed by atoms with E-state index >= 15 is 0 Å². The Labute approximate surface area is 192 Å². The second-order valence-corrected chi connectivity index (χ2v) is 10.7. The molecule has 0 spiro atoms. The highest BCUT2D eigenvalue weighted by Crippen LogP contribution is 2.61. The van der Waals surface area contributed by atoms with Crippen LogP contribution in [-0.2, 0) is 11.2 Å². The summed E-state index contributed by atoms with van der Waals surface area (Å²) in [6.45, 7) is 10.5. The number of carboxylic acid groups (broad SMARTS) is 1. The van der Waals surface area contributed by atoms with E-state index in [0.29, 0.717) is 29.0 Å². The Morgan fingerprint density at radius 3 is 2.41 bits per heavy atom. The number of carbonyl (C=O) groups excluding carboxylic acids is 1. The van der Waals surface area contributed by atoms with Crippen LogP contribution in [0.5, 0.6) is 0 Å². The first-order valence-electron chi connectivity index (χ1n) is 12.2. The number of rotatable bonds is 4. The van der Waals surface area contributed by atoms with Gasteiger partial charge in [0, 0.05) is 12.1 Å². The summed E-state index contributed by atoms with van der Waals surface area (Å²) in [5.41, 5.74) is 3.41. The van der Waals surface area contributed by atoms with Crippen LogP contribution in [0.4, 0.5) is 0 Å². The molecule has 0 aromatic heterocycles. The Bertz CT molecular complexity index is 893. The van der Waals surface area contributed by atoms with E-state index in [1.54, 1.807) is 11.0 Å². The molecule has 4 rings (SSSR count). The third kappa shape index (κ3) is 4.42. The van der Waals surface area contributed by atoms with Gasteiger partial charge in [0.2, 0.25) is 6.41 Å². The molecule has 0 heterocycles. The van der Waals surface area contributed by atoms with Crippen LogP contribution in [0.15, 0.2) is 12.1 Å². The number of hydrogen-bond donors (Lipinski definition) is 1. The molecule has 32 heavy (non-hydrogen) atoms. The number of nitriles is 1. The summed E-state index contributed by atoms with van der Waals surface area (Å²) in [4.78, 5) is 23.5. The fourth-order valence-electron chi connectivity index (χ4n) is 6.81. The molecule has 0 aliphatic heterocycles. The predicted octanol–water partition coefficient (Wildman–Crippen LogP) is 5.76. The fourth-order valence-corrected chi connectivity index (χ4v) is 6.81. The van der Waals surface area contributed by atoms with Crippen LogP contribution in [0, 0.1) is 28.6 Å². The second kappa shape index (κ2) is 9.65. The number of carbonyl (C=O) groups is 2. The maximum absolute atomic E-state index is 11.4. The number of amides is 1. The summed E-state index contributed by atoms with van der Waals surface area (Å²) < 4.78 is 0. The van der Waals surface area contributed by atoms with Gasteiger partial charge in [-0.3, -0.25) is 4.79 Å². The first-order valence-corrected chi connectivity index (χ1v) is 12.2. The first kappa shape index (κ1) is 24.3. The highest BCUT2D eigenvalue weighted by Gasteiger charge is 2.50. The topological polar surface area (TPSA) is 81.4 Å². The number of aromatic carboxylic acids is 1. The van der Waals surface area contributed by atoms with Gasteiger partial charge in [0.1, 0.15) is 6.07 Å². The van der Waals surface area contributed by atoms with Gasteiger partial charge in [-0.25, -0.2) is 4.79 Å². The van der Waals surface area contributed by atoms with Crippen molar-refractivity contribution in [1.82, 2.24) is 4.90 Å². The van der Waals surface area contributed by atoms with Crippen molar-refractivity contribution in [3.05, 3.63) is 34.4 Å². The zero-order chi connectivity index (χ0) is 23.6. The largest absolute Gasteiger partial charge is 0.478 e. The monoisotopic (exact) mass is 438 g/mol. The standard InChI is InChI=1S/C20H23NO2.C7H15NO/c1-20-9-2-3-18(20)15-6-4-13-12(14(15)8-10-20)5-7-16(19(22)23)17(13)11-21;1-6(2)8(5-9)7(3)4/h5,7,14-15,18H,2-4,6,8-10H2,1H3,(H,22,23);5-7H,1-4H3/t14-,15-,18+,20+;/m1./s1. The Balaban J connectivity index is 0.000000275. The lowest BCUT2D eigenvalue weighted by molar-refractivity contribution is -0.121. The van der Waals surface area contributed by atoms with Crippen molar-refractivity contribution < 1.29 is 14.7 Å². The van der Waals surface area contributed by atoms with Gasteiger partial charge < -0.3 is 10.0 Å². The highest BCUT2D eigenvalue weighted by molar-refractivity contribution is 5.91. The van der Waals surface area contributed by atoms with Crippen molar-refractivity contribution >= 4 is 12.4 Å². The predicted molar refractivity (Wildman–Crippen MR) is 126 cm³/mol. The second-order valence-electron chi connectivity index (χ2n) is 10.7. The van der Waals surface area contributed by atoms with Gasteiger partial charge in [-0.05, 0) is 107 Å². The first-order chi connectivity index (χ1) is 15.1. The average molecular weight is 439 g/mol. The number of benzene rings is 1. The molecule has 0 saturated heterocycles. The number of hydrogen-bond acceptors (Lipinski definition) is 3. The molecule has 0 bridgehead atoms. The third-order valence-electron chi connectivity index (χ3n) is 8.35. The van der Waals surface area contributed by atoms with Gasteiger partial charge in [0.25, 0.3) is 0 Å². The molecule has 0 radical (unpaired) electrons. The van der Waals surface area contributed by atoms with Crippen molar-refractivity contribution in [2.75, 3.05) is 0 Å². The van der Waals surface area contributed by atoms with Gasteiger partial charge in [-0.2, -0.15) is 5.26 Å². The lowest BCUT2D eigenvalue weighted by atomic mass is 9.55. The maximum Gasteiger partial charge on any atom is 0.337 e. The number of carboxylic acids is 1. The molecule has 4 atom stereocenters. The SMILES string of the molecule is CC(C)N(C=O)C(C)C.C[C@@]12CCC[C@H]1[C@@H]1CCc3c(ccc(C(=O)O)c3C#N)[C@H]1CC2. The van der Waals surface area contributed by atoms with Gasteiger partial charge in [-0.15, -0.1) is 0 Å². The Morgan fingerprint density at radius 2 is 1.88 bits per heavy atom. The van der Waals surface area contributed by atoms with E-state index in [0.717, 1.165) is 36.7 Å². The van der Waals surface area contributed by atoms with Crippen LogP contribution < -0.4 is 0 Å². The van der Waals surface area contributed by atoms with E-state index in [9.17, 15) is 20.0 Å². The zero-order valence-corrected chi connectivity index (χ0v) is 20.2. The summed E-state index contributed by atoms with van der Waals surface area (Å²) in [7, 11) is 0. The molecule has 1 aromatic carbocycles. The van der Waals surface area contributed by atoms with Gasteiger partial charge in [0.15, 0.2) is 0 Å². The molecule has 0 unspecified atom stereocenters. The molecule has 174 valence electrons. The van der Waals surface area contributed by atoms with Gasteiger partial charge >= 0.3 is 5.97 Å². The summed E-state index contributed by atoms with van der Waals surface area (Å²) in [5, 5.41) is 18.8. The molecule has 1 amide bonds. The van der Waals surface area contributed by atoms with Crippen molar-refractivity contribution in [3.63, 3.8) is 0 Å². The lowest BCUT2D eigenvalue weighted by Crippen LogP contribution is -2.39. The molecule has 2 saturated carbocycles. The molecule has 1 N–H and O–H groups in total. The minimum atomic E-state index is -0.988. The maximum atomic E-state index is 11.4. The quantitative estimate of drug-likeness (QED) is 0.606. The molecule has 5 nitrogen and oxygen atoms in total. The summed E-state index contributed by atoms with van der Waals surface area (Å²) >= 11 is 0. The van der Waals surface area contributed by atoms with Gasteiger partial charge in [0.05, 0.1) is 11.1 Å². The van der Waals surface area contributed by atoms with E-state index in [2.05, 4.69) is 13.0 Å². The summed E-state index contributed by atoms with van der Waals surface area (Å²) in [5.74, 6) is 1.09. The average Bonchev–Trinajstić information content (AvgIpc) is 3.14. The van der Waals surface area contributed by atoms with Crippen LogP contribution in [0.1, 0.15) is 106 Å². The molecule has 1 aromatic rings. The van der Waals surface area contributed by atoms with Crippen molar-refractivity contribution in [2.45, 2.75) is 97.6 Å². The molecule has 5 heteroatoms. The van der Waals surface area contributed by atoms with Crippen molar-refractivity contribution in [1.29, 1.82) is 5.26 Å². The van der Waals surface area contributed by atoms with Crippen LogP contribution in [0.3, 0.4) is 0 Å². The van der Waals surface area contributed by atoms with Crippen LogP contribution in [0.25, 0.3) is 0 Å². The minimum Gasteiger partial charge on any atom is -0.478 e. The van der Waals surface area contributed by atoms with Gasteiger partial charge in [-0.1, -0.05) is 19.4 Å². The molecular formula is C27H38N2O3. The molecule has 3 aliphatic rings. The zero-order valence-electron chi connectivity index (χ0n) is 20.2. The summed E-state index contributed by atoms with van der Waals surface area (Å²) in [6.07, 6.45) is 9.44. The molecule has 3 aliphatic carbocycles. The fraction of sp³-hybridized carbons (Fsp3) is 0.667. The highest BCUT2D eigenvalue weighted by atomic mass is 16.4. The third-order valence-corrected chi connectivity index (χ3v) is 8.35. The van der Waals surface area contributed by atoms with Crippen LogP contribution >= 0.6 is 0 Å². The Kier molecular flexibility index (Phi) is 7.32. The Hall–Kier alpha value is -2.35. The van der Waals surface area contributed by atoms with E-state index in [-0.39, 0.29) is 5.56 Å². The summed E-state index contributed by atoms with van der Waals surface area (Å²) in [6, 6.07) is 6.48. The Morgan fingerprint density at radius 1 is 1.19 bits per heavy atom. The molecule has 2 fully saturated rings. The molecular weight excluding hydrogens is 400 g/mol. The minimum absolute atomic E-state index is 0.172. The lowest BCUT2D eigenvalue weighted by Gasteiger charge is -2.49. The van der Waals surface area contributed by atoms with Crippen LogP contribution in [0.2, 0.25) is 0 Å². The van der Waals surface area contributed by atoms with E-state index < -0.39 is 5.97 Å².